The first kappa shape index (κ1) is 14.8. The second-order valence-corrected chi connectivity index (χ2v) is 4.87. The van der Waals surface area contributed by atoms with Crippen LogP contribution in [0, 0.1) is 10.1 Å². The number of nitro benzene ring substituents is 1. The Morgan fingerprint density at radius 1 is 1.24 bits per heavy atom. The molecule has 0 saturated carbocycles. The zero-order valence-corrected chi connectivity index (χ0v) is 12.1. The van der Waals surface area contributed by atoms with Crippen molar-refractivity contribution in [3.05, 3.63) is 64.2 Å². The molecule has 1 atom stereocenters. The highest BCUT2D eigenvalue weighted by Gasteiger charge is 2.10. The predicted molar refractivity (Wildman–Crippen MR) is 82.9 cm³/mol. The Morgan fingerprint density at radius 3 is 2.71 bits per heavy atom. The fourth-order valence-electron chi connectivity index (χ4n) is 2.25. The molecular weight excluding hydrogens is 268 g/mol. The summed E-state index contributed by atoms with van der Waals surface area (Å²) in [6.45, 7) is 2.03. The largest absolute Gasteiger partial charge is 0.496 e. The molecular formula is C16H18N2O3. The average Bonchev–Trinajstić information content (AvgIpc) is 2.48. The summed E-state index contributed by atoms with van der Waals surface area (Å²) in [5.41, 5.74) is 1.93. The topological polar surface area (TPSA) is 64.4 Å². The molecule has 0 radical (unpaired) electrons. The van der Waals surface area contributed by atoms with E-state index in [0.29, 0.717) is 0 Å². The number of ether oxygens (including phenoxy) is 1. The highest BCUT2D eigenvalue weighted by atomic mass is 16.6. The van der Waals surface area contributed by atoms with Gasteiger partial charge < -0.3 is 10.1 Å². The van der Waals surface area contributed by atoms with Gasteiger partial charge in [0.25, 0.3) is 5.69 Å². The number of anilines is 1. The molecule has 0 spiro atoms. The van der Waals surface area contributed by atoms with Crippen LogP contribution in [0.1, 0.15) is 12.5 Å². The highest BCUT2D eigenvalue weighted by Crippen LogP contribution is 2.22. The zero-order valence-electron chi connectivity index (χ0n) is 12.1. The van der Waals surface area contributed by atoms with Gasteiger partial charge in [-0.2, -0.15) is 0 Å². The van der Waals surface area contributed by atoms with Crippen LogP contribution in [0.5, 0.6) is 5.75 Å². The fraction of sp³-hybridized carbons (Fsp3) is 0.250. The van der Waals surface area contributed by atoms with Gasteiger partial charge in [0.1, 0.15) is 5.75 Å². The Labute approximate surface area is 123 Å². The lowest BCUT2D eigenvalue weighted by Gasteiger charge is -2.17. The number of nitro groups is 1. The van der Waals surface area contributed by atoms with Gasteiger partial charge in [0, 0.05) is 23.9 Å². The van der Waals surface area contributed by atoms with Gasteiger partial charge in [0.15, 0.2) is 0 Å². The molecule has 0 bridgehead atoms. The molecule has 0 heterocycles. The third kappa shape index (κ3) is 3.95. The minimum atomic E-state index is -0.393. The molecule has 0 aliphatic rings. The van der Waals surface area contributed by atoms with Gasteiger partial charge in [-0.1, -0.05) is 24.3 Å². The molecule has 5 nitrogen and oxygen atoms in total. The Morgan fingerprint density at radius 2 is 2.00 bits per heavy atom. The first-order valence-electron chi connectivity index (χ1n) is 6.73. The minimum absolute atomic E-state index is 0.0875. The Bertz CT molecular complexity index is 628. The molecule has 5 heteroatoms. The van der Waals surface area contributed by atoms with Gasteiger partial charge in [0.05, 0.1) is 12.0 Å². The number of hydrogen-bond donors (Lipinski definition) is 1. The third-order valence-electron chi connectivity index (χ3n) is 3.19. The Balaban J connectivity index is 2.06. The first-order chi connectivity index (χ1) is 10.1. The number of benzene rings is 2. The number of nitrogens with zero attached hydrogens (tertiary/aromatic N) is 1. The van der Waals surface area contributed by atoms with Crippen LogP contribution >= 0.6 is 0 Å². The van der Waals surface area contributed by atoms with E-state index >= 15 is 0 Å². The van der Waals surface area contributed by atoms with E-state index in [0.717, 1.165) is 23.4 Å². The van der Waals surface area contributed by atoms with Gasteiger partial charge in [-0.25, -0.2) is 0 Å². The van der Waals surface area contributed by atoms with E-state index in [1.807, 2.05) is 37.3 Å². The quantitative estimate of drug-likeness (QED) is 0.650. The average molecular weight is 286 g/mol. The zero-order chi connectivity index (χ0) is 15.2. The van der Waals surface area contributed by atoms with Gasteiger partial charge in [-0.3, -0.25) is 10.1 Å². The summed E-state index contributed by atoms with van der Waals surface area (Å²) < 4.78 is 5.33. The van der Waals surface area contributed by atoms with Gasteiger partial charge in [0.2, 0.25) is 0 Å². The smallest absolute Gasteiger partial charge is 0.271 e. The van der Waals surface area contributed by atoms with E-state index in [2.05, 4.69) is 5.32 Å². The Kier molecular flexibility index (Phi) is 4.77. The predicted octanol–water partition coefficient (Wildman–Crippen LogP) is 3.65. The third-order valence-corrected chi connectivity index (χ3v) is 3.19. The van der Waals surface area contributed by atoms with Crippen molar-refractivity contribution in [1.82, 2.24) is 0 Å². The minimum Gasteiger partial charge on any atom is -0.496 e. The number of nitrogens with one attached hydrogen (secondary N) is 1. The summed E-state index contributed by atoms with van der Waals surface area (Å²) in [6, 6.07) is 14.5. The van der Waals surface area contributed by atoms with E-state index in [4.69, 9.17) is 4.74 Å². The second-order valence-electron chi connectivity index (χ2n) is 4.87. The van der Waals surface area contributed by atoms with Crippen molar-refractivity contribution in [3.63, 3.8) is 0 Å². The molecule has 2 aromatic rings. The van der Waals surface area contributed by atoms with Crippen LogP contribution in [0.25, 0.3) is 0 Å². The number of non-ortho nitro benzene ring substituents is 1. The van der Waals surface area contributed by atoms with Crippen LogP contribution in [-0.4, -0.2) is 18.1 Å². The molecule has 0 amide bonds. The van der Waals surface area contributed by atoms with Crippen molar-refractivity contribution >= 4 is 11.4 Å². The van der Waals surface area contributed by atoms with Crippen molar-refractivity contribution in [3.8, 4) is 5.75 Å². The van der Waals surface area contributed by atoms with Crippen LogP contribution in [0.15, 0.2) is 48.5 Å². The number of hydrogen-bond acceptors (Lipinski definition) is 4. The second kappa shape index (κ2) is 6.74. The molecule has 0 saturated heterocycles. The van der Waals surface area contributed by atoms with Crippen LogP contribution in [0.4, 0.5) is 11.4 Å². The monoisotopic (exact) mass is 286 g/mol. The molecule has 2 rings (SSSR count). The molecule has 2 aromatic carbocycles. The SMILES string of the molecule is COc1ccccc1CC(C)Nc1cccc([N+](=O)[O-])c1. The first-order valence-corrected chi connectivity index (χ1v) is 6.73. The van der Waals surface area contributed by atoms with Crippen LogP contribution in [0.2, 0.25) is 0 Å². The molecule has 0 aromatic heterocycles. The molecule has 110 valence electrons. The van der Waals surface area contributed by atoms with Gasteiger partial charge >= 0.3 is 0 Å². The van der Waals surface area contributed by atoms with E-state index in [9.17, 15) is 10.1 Å². The van der Waals surface area contributed by atoms with Crippen molar-refractivity contribution in [1.29, 1.82) is 0 Å². The number of methoxy groups -OCH3 is 1. The fourth-order valence-corrected chi connectivity index (χ4v) is 2.25. The highest BCUT2D eigenvalue weighted by molar-refractivity contribution is 5.51. The van der Waals surface area contributed by atoms with Crippen LogP contribution in [0.3, 0.4) is 0 Å². The molecule has 0 fully saturated rings. The Hall–Kier alpha value is -2.56. The summed E-state index contributed by atoms with van der Waals surface area (Å²) in [4.78, 5) is 10.4. The molecule has 1 N–H and O–H groups in total. The molecule has 1 unspecified atom stereocenters. The maximum atomic E-state index is 10.8. The lowest BCUT2D eigenvalue weighted by molar-refractivity contribution is -0.384. The van der Waals surface area contributed by atoms with Crippen LogP contribution < -0.4 is 10.1 Å². The van der Waals surface area contributed by atoms with Crippen LogP contribution in [-0.2, 0) is 6.42 Å². The molecule has 21 heavy (non-hydrogen) atoms. The number of rotatable bonds is 6. The summed E-state index contributed by atoms with van der Waals surface area (Å²) in [5.74, 6) is 0.852. The molecule has 0 aliphatic heterocycles. The normalized spacial score (nSPS) is 11.7. The van der Waals surface area contributed by atoms with Crippen molar-refractivity contribution in [2.45, 2.75) is 19.4 Å². The lowest BCUT2D eigenvalue weighted by atomic mass is 10.1. The summed E-state index contributed by atoms with van der Waals surface area (Å²) >= 11 is 0. The van der Waals surface area contributed by atoms with E-state index in [1.165, 1.54) is 6.07 Å². The van der Waals surface area contributed by atoms with Crippen molar-refractivity contribution < 1.29 is 9.66 Å². The van der Waals surface area contributed by atoms with E-state index < -0.39 is 4.92 Å². The summed E-state index contributed by atoms with van der Waals surface area (Å²) in [7, 11) is 1.65. The molecule has 0 aliphatic carbocycles. The van der Waals surface area contributed by atoms with Gasteiger partial charge in [-0.15, -0.1) is 0 Å². The number of para-hydroxylation sites is 1. The maximum absolute atomic E-state index is 10.8. The van der Waals surface area contributed by atoms with Crippen molar-refractivity contribution in [2.24, 2.45) is 0 Å². The maximum Gasteiger partial charge on any atom is 0.271 e. The van der Waals surface area contributed by atoms with E-state index in [1.54, 1.807) is 19.2 Å². The standard InChI is InChI=1S/C16H18N2O3/c1-12(10-13-6-3-4-9-16(13)21-2)17-14-7-5-8-15(11-14)18(19)20/h3-9,11-12,17H,10H2,1-2H3. The van der Waals surface area contributed by atoms with E-state index in [-0.39, 0.29) is 11.7 Å². The van der Waals surface area contributed by atoms with Gasteiger partial charge in [-0.05, 0) is 31.0 Å². The van der Waals surface area contributed by atoms with Crippen molar-refractivity contribution in [2.75, 3.05) is 12.4 Å². The lowest BCUT2D eigenvalue weighted by Crippen LogP contribution is -2.18. The summed E-state index contributed by atoms with van der Waals surface area (Å²) in [6.07, 6.45) is 0.771. The summed E-state index contributed by atoms with van der Waals surface area (Å²) in [5, 5.41) is 14.1.